The highest BCUT2D eigenvalue weighted by molar-refractivity contribution is 7.89. The Kier molecular flexibility index (Phi) is 3.45. The summed E-state index contributed by atoms with van der Waals surface area (Å²) in [6.45, 7) is 4.47. The molecular formula is C16H18N2O3S. The first-order chi connectivity index (χ1) is 10.4. The fraction of sp³-hybridized carbons (Fsp3) is 0.312. The van der Waals surface area contributed by atoms with E-state index in [1.807, 2.05) is 13.8 Å². The van der Waals surface area contributed by atoms with E-state index in [1.165, 1.54) is 4.31 Å². The van der Waals surface area contributed by atoms with E-state index >= 15 is 0 Å². The van der Waals surface area contributed by atoms with Crippen LogP contribution in [0.25, 0.3) is 10.8 Å². The van der Waals surface area contributed by atoms with Crippen LogP contribution in [-0.2, 0) is 10.0 Å². The summed E-state index contributed by atoms with van der Waals surface area (Å²) in [5, 5.41) is 1.34. The molecule has 22 heavy (non-hydrogen) atoms. The van der Waals surface area contributed by atoms with Gasteiger partial charge < -0.3 is 4.90 Å². The van der Waals surface area contributed by atoms with Crippen molar-refractivity contribution in [3.63, 3.8) is 0 Å². The van der Waals surface area contributed by atoms with Gasteiger partial charge in [0.15, 0.2) is 0 Å². The standard InChI is InChI=1S/C16H18N2O3S/c1-4-18(5-2)22(20,21)14-10-9-13-15-11(14)7-6-8-12(15)16(19)17(13)3/h6-10H,4-5H2,1-3H3. The van der Waals surface area contributed by atoms with Gasteiger partial charge in [0.2, 0.25) is 10.0 Å². The second-order valence-electron chi connectivity index (χ2n) is 5.26. The SMILES string of the molecule is CCN(CC)S(=O)(=O)c1ccc2c3c(cccc13)C(=O)N2C. The Labute approximate surface area is 130 Å². The Hall–Kier alpha value is -1.92. The summed E-state index contributed by atoms with van der Waals surface area (Å²) >= 11 is 0. The third-order valence-electron chi connectivity index (χ3n) is 4.20. The van der Waals surface area contributed by atoms with E-state index in [2.05, 4.69) is 0 Å². The summed E-state index contributed by atoms with van der Waals surface area (Å²) in [6, 6.07) is 8.56. The number of amides is 1. The molecule has 0 radical (unpaired) electrons. The number of rotatable bonds is 4. The smallest absolute Gasteiger partial charge is 0.258 e. The van der Waals surface area contributed by atoms with Crippen LogP contribution >= 0.6 is 0 Å². The average Bonchev–Trinajstić information content (AvgIpc) is 2.75. The summed E-state index contributed by atoms with van der Waals surface area (Å²) < 4.78 is 27.1. The molecule has 0 aromatic heterocycles. The van der Waals surface area contributed by atoms with Crippen molar-refractivity contribution in [2.45, 2.75) is 18.7 Å². The van der Waals surface area contributed by atoms with Crippen LogP contribution in [0.3, 0.4) is 0 Å². The molecular weight excluding hydrogens is 300 g/mol. The summed E-state index contributed by atoms with van der Waals surface area (Å²) in [5.74, 6) is -0.0991. The minimum absolute atomic E-state index is 0.0991. The van der Waals surface area contributed by atoms with Gasteiger partial charge in [0, 0.05) is 36.5 Å². The zero-order chi connectivity index (χ0) is 16.1. The Morgan fingerprint density at radius 1 is 1.09 bits per heavy atom. The molecule has 2 aromatic carbocycles. The van der Waals surface area contributed by atoms with E-state index in [-0.39, 0.29) is 10.8 Å². The second-order valence-corrected chi connectivity index (χ2v) is 7.17. The number of benzene rings is 2. The van der Waals surface area contributed by atoms with Crippen LogP contribution in [0.1, 0.15) is 24.2 Å². The lowest BCUT2D eigenvalue weighted by Gasteiger charge is -2.20. The Bertz CT molecular complexity index is 870. The first kappa shape index (κ1) is 15.0. The van der Waals surface area contributed by atoms with Gasteiger partial charge in [-0.15, -0.1) is 0 Å². The third kappa shape index (κ3) is 1.87. The van der Waals surface area contributed by atoms with E-state index in [4.69, 9.17) is 0 Å². The van der Waals surface area contributed by atoms with E-state index in [9.17, 15) is 13.2 Å². The Morgan fingerprint density at radius 3 is 2.41 bits per heavy atom. The van der Waals surface area contributed by atoms with Crippen molar-refractivity contribution in [1.82, 2.24) is 4.31 Å². The number of hydrogen-bond acceptors (Lipinski definition) is 3. The van der Waals surface area contributed by atoms with E-state index < -0.39 is 10.0 Å². The van der Waals surface area contributed by atoms with Gasteiger partial charge >= 0.3 is 0 Å². The van der Waals surface area contributed by atoms with Crippen molar-refractivity contribution >= 4 is 32.4 Å². The molecule has 1 aliphatic rings. The molecule has 1 amide bonds. The summed E-state index contributed by atoms with van der Waals surface area (Å²) in [4.78, 5) is 14.1. The van der Waals surface area contributed by atoms with Gasteiger partial charge in [-0.2, -0.15) is 4.31 Å². The maximum absolute atomic E-state index is 12.8. The molecule has 0 unspecified atom stereocenters. The highest BCUT2D eigenvalue weighted by Crippen LogP contribution is 2.39. The maximum Gasteiger partial charge on any atom is 0.258 e. The van der Waals surface area contributed by atoms with E-state index in [0.717, 1.165) is 11.1 Å². The second kappa shape index (κ2) is 5.07. The van der Waals surface area contributed by atoms with Gasteiger partial charge in [-0.3, -0.25) is 4.79 Å². The zero-order valence-electron chi connectivity index (χ0n) is 12.8. The highest BCUT2D eigenvalue weighted by Gasteiger charge is 2.31. The van der Waals surface area contributed by atoms with Gasteiger partial charge in [-0.05, 0) is 18.2 Å². The predicted octanol–water partition coefficient (Wildman–Crippen LogP) is 2.46. The first-order valence-corrected chi connectivity index (χ1v) is 8.71. The molecule has 6 heteroatoms. The summed E-state index contributed by atoms with van der Waals surface area (Å²) in [6.07, 6.45) is 0. The molecule has 0 saturated carbocycles. The number of anilines is 1. The van der Waals surface area contributed by atoms with Gasteiger partial charge in [-0.25, -0.2) is 8.42 Å². The van der Waals surface area contributed by atoms with E-state index in [1.54, 1.807) is 42.3 Å². The molecule has 0 aliphatic carbocycles. The van der Waals surface area contributed by atoms with Gasteiger partial charge in [-0.1, -0.05) is 26.0 Å². The van der Waals surface area contributed by atoms with Gasteiger partial charge in [0.25, 0.3) is 5.91 Å². The molecule has 0 atom stereocenters. The van der Waals surface area contributed by atoms with Crippen LogP contribution in [-0.4, -0.2) is 38.8 Å². The Morgan fingerprint density at radius 2 is 1.77 bits per heavy atom. The number of nitrogens with zero attached hydrogens (tertiary/aromatic N) is 2. The molecule has 0 spiro atoms. The molecule has 1 aliphatic heterocycles. The zero-order valence-corrected chi connectivity index (χ0v) is 13.6. The molecule has 0 bridgehead atoms. The lowest BCUT2D eigenvalue weighted by Crippen LogP contribution is -2.30. The van der Waals surface area contributed by atoms with Crippen molar-refractivity contribution in [2.75, 3.05) is 25.0 Å². The lowest BCUT2D eigenvalue weighted by molar-refractivity contribution is 0.0999. The minimum Gasteiger partial charge on any atom is -0.311 e. The highest BCUT2D eigenvalue weighted by atomic mass is 32.2. The molecule has 0 saturated heterocycles. The number of carbonyl (C=O) groups is 1. The lowest BCUT2D eigenvalue weighted by atomic mass is 10.1. The topological polar surface area (TPSA) is 57.7 Å². The predicted molar refractivity (Wildman–Crippen MR) is 86.8 cm³/mol. The molecule has 2 aromatic rings. The van der Waals surface area contributed by atoms with Gasteiger partial charge in [0.05, 0.1) is 10.6 Å². The van der Waals surface area contributed by atoms with Crippen LogP contribution in [0.5, 0.6) is 0 Å². The fourth-order valence-electron chi connectivity index (χ4n) is 3.04. The molecule has 0 N–H and O–H groups in total. The molecule has 5 nitrogen and oxygen atoms in total. The quantitative estimate of drug-likeness (QED) is 0.870. The monoisotopic (exact) mass is 318 g/mol. The number of sulfonamides is 1. The van der Waals surface area contributed by atoms with Crippen LogP contribution in [0, 0.1) is 0 Å². The normalized spacial score (nSPS) is 14.4. The van der Waals surface area contributed by atoms with Crippen molar-refractivity contribution in [3.8, 4) is 0 Å². The van der Waals surface area contributed by atoms with Crippen LogP contribution in [0.2, 0.25) is 0 Å². The number of carbonyl (C=O) groups excluding carboxylic acids is 1. The van der Waals surface area contributed by atoms with Crippen molar-refractivity contribution in [2.24, 2.45) is 0 Å². The molecule has 1 heterocycles. The average molecular weight is 318 g/mol. The largest absolute Gasteiger partial charge is 0.311 e. The van der Waals surface area contributed by atoms with Crippen molar-refractivity contribution < 1.29 is 13.2 Å². The molecule has 3 rings (SSSR count). The summed E-state index contributed by atoms with van der Waals surface area (Å²) in [5.41, 5.74) is 1.32. The first-order valence-electron chi connectivity index (χ1n) is 7.27. The molecule has 0 fully saturated rings. The van der Waals surface area contributed by atoms with Gasteiger partial charge in [0.1, 0.15) is 0 Å². The summed E-state index contributed by atoms with van der Waals surface area (Å²) in [7, 11) is -1.86. The van der Waals surface area contributed by atoms with E-state index in [0.29, 0.717) is 24.0 Å². The Balaban J connectivity index is 2.34. The third-order valence-corrected chi connectivity index (χ3v) is 6.31. The van der Waals surface area contributed by atoms with Crippen LogP contribution in [0.4, 0.5) is 5.69 Å². The number of hydrogen-bond donors (Lipinski definition) is 0. The minimum atomic E-state index is -3.56. The van der Waals surface area contributed by atoms with Crippen molar-refractivity contribution in [3.05, 3.63) is 35.9 Å². The van der Waals surface area contributed by atoms with Crippen LogP contribution in [0.15, 0.2) is 35.2 Å². The van der Waals surface area contributed by atoms with Crippen LogP contribution < -0.4 is 4.90 Å². The molecule has 116 valence electrons. The van der Waals surface area contributed by atoms with Crippen molar-refractivity contribution in [1.29, 1.82) is 0 Å². The fourth-order valence-corrected chi connectivity index (χ4v) is 4.68. The maximum atomic E-state index is 12.8.